The van der Waals surface area contributed by atoms with E-state index >= 15 is 0 Å². The fourth-order valence-electron chi connectivity index (χ4n) is 1.44. The number of imidazole rings is 1. The number of fused-ring (bicyclic) bond motifs is 1. The van der Waals surface area contributed by atoms with Gasteiger partial charge < -0.3 is 9.55 Å². The molecular weight excluding hydrogens is 194 g/mol. The molecule has 1 N–H and O–H groups in total. The van der Waals surface area contributed by atoms with Crippen molar-refractivity contribution in [2.24, 2.45) is 0 Å². The number of aromatic nitrogens is 3. The second-order valence-electron chi connectivity index (χ2n) is 3.37. The van der Waals surface area contributed by atoms with E-state index in [1.807, 2.05) is 17.6 Å². The van der Waals surface area contributed by atoms with E-state index in [2.05, 4.69) is 16.5 Å². The number of H-pyrrole nitrogens is 1. The van der Waals surface area contributed by atoms with Gasteiger partial charge in [-0.15, -0.1) is 0 Å². The normalized spacial score (nSPS) is 10.6. The quantitative estimate of drug-likeness (QED) is 0.604. The molecule has 0 aliphatic rings. The Kier molecular flexibility index (Phi) is 2.21. The van der Waals surface area contributed by atoms with Crippen molar-refractivity contribution in [3.8, 4) is 0 Å². The van der Waals surface area contributed by atoms with Gasteiger partial charge in [0.05, 0.1) is 17.2 Å². The molecule has 0 spiro atoms. The summed E-state index contributed by atoms with van der Waals surface area (Å²) in [6.45, 7) is 6.62. The Balaban J connectivity index is 2.68. The van der Waals surface area contributed by atoms with E-state index < -0.39 is 0 Å². The van der Waals surface area contributed by atoms with Crippen LogP contribution in [-0.4, -0.2) is 14.5 Å². The summed E-state index contributed by atoms with van der Waals surface area (Å²) in [7, 11) is 0. The van der Waals surface area contributed by atoms with Crippen molar-refractivity contribution in [1.82, 2.24) is 14.5 Å². The second-order valence-corrected chi connectivity index (χ2v) is 3.75. The summed E-state index contributed by atoms with van der Waals surface area (Å²) in [5.41, 5.74) is 3.13. The summed E-state index contributed by atoms with van der Waals surface area (Å²) < 4.78 is 2.74. The minimum atomic E-state index is 0.719. The average Bonchev–Trinajstić information content (AvgIpc) is 2.43. The zero-order valence-electron chi connectivity index (χ0n) is 7.95. The van der Waals surface area contributed by atoms with Gasteiger partial charge in [-0.3, -0.25) is 4.98 Å². The predicted octanol–water partition coefficient (Wildman–Crippen LogP) is 2.67. The van der Waals surface area contributed by atoms with Crippen LogP contribution in [0.3, 0.4) is 0 Å². The van der Waals surface area contributed by atoms with E-state index in [4.69, 9.17) is 12.2 Å². The lowest BCUT2D eigenvalue weighted by Gasteiger charge is -2.02. The van der Waals surface area contributed by atoms with Crippen LogP contribution in [0.5, 0.6) is 0 Å². The predicted molar refractivity (Wildman–Crippen MR) is 59.7 cm³/mol. The Bertz CT molecular complexity index is 536. The van der Waals surface area contributed by atoms with E-state index in [1.54, 1.807) is 12.4 Å². The Hall–Kier alpha value is -1.42. The molecule has 3 nitrogen and oxygen atoms in total. The third-order valence-corrected chi connectivity index (χ3v) is 2.33. The topological polar surface area (TPSA) is 33.6 Å². The second kappa shape index (κ2) is 3.38. The smallest absolute Gasteiger partial charge is 0.178 e. The maximum absolute atomic E-state index is 5.21. The van der Waals surface area contributed by atoms with Crippen molar-refractivity contribution in [2.75, 3.05) is 0 Å². The zero-order chi connectivity index (χ0) is 10.1. The van der Waals surface area contributed by atoms with Crippen LogP contribution in [0.15, 0.2) is 30.6 Å². The van der Waals surface area contributed by atoms with Crippen LogP contribution in [0.2, 0.25) is 0 Å². The van der Waals surface area contributed by atoms with Crippen molar-refractivity contribution >= 4 is 23.3 Å². The van der Waals surface area contributed by atoms with Crippen molar-refractivity contribution in [3.63, 3.8) is 0 Å². The molecule has 2 aromatic heterocycles. The van der Waals surface area contributed by atoms with Crippen molar-refractivity contribution in [3.05, 3.63) is 35.4 Å². The summed E-state index contributed by atoms with van der Waals surface area (Å²) in [6.07, 6.45) is 3.54. The fourth-order valence-corrected chi connectivity index (χ4v) is 1.71. The van der Waals surface area contributed by atoms with Gasteiger partial charge in [-0.2, -0.15) is 0 Å². The van der Waals surface area contributed by atoms with Gasteiger partial charge in [0, 0.05) is 12.7 Å². The number of rotatable bonds is 2. The SMILES string of the molecule is C=C(C)Cn1c(=S)[nH]c2cnccc21. The molecule has 0 aliphatic carbocycles. The number of pyridine rings is 1. The highest BCUT2D eigenvalue weighted by Crippen LogP contribution is 2.13. The molecule has 0 bridgehead atoms. The van der Waals surface area contributed by atoms with Crippen molar-refractivity contribution in [1.29, 1.82) is 0 Å². The van der Waals surface area contributed by atoms with E-state index in [0.717, 1.165) is 27.9 Å². The molecule has 0 atom stereocenters. The molecule has 0 amide bonds. The lowest BCUT2D eigenvalue weighted by Crippen LogP contribution is -1.97. The van der Waals surface area contributed by atoms with Crippen molar-refractivity contribution < 1.29 is 0 Å². The van der Waals surface area contributed by atoms with Gasteiger partial charge in [0.2, 0.25) is 0 Å². The van der Waals surface area contributed by atoms with Crippen LogP contribution >= 0.6 is 12.2 Å². The summed E-state index contributed by atoms with van der Waals surface area (Å²) >= 11 is 5.21. The first-order chi connectivity index (χ1) is 6.68. The Labute approximate surface area is 87.1 Å². The van der Waals surface area contributed by atoms with Gasteiger partial charge in [0.1, 0.15) is 0 Å². The molecule has 2 rings (SSSR count). The zero-order valence-corrected chi connectivity index (χ0v) is 8.77. The number of nitrogens with one attached hydrogen (secondary N) is 1. The van der Waals surface area contributed by atoms with Crippen LogP contribution in [-0.2, 0) is 6.54 Å². The number of hydrogen-bond donors (Lipinski definition) is 1. The minimum absolute atomic E-state index is 0.719. The maximum atomic E-state index is 5.21. The van der Waals surface area contributed by atoms with Crippen LogP contribution < -0.4 is 0 Å². The van der Waals surface area contributed by atoms with Gasteiger partial charge in [0.25, 0.3) is 0 Å². The molecule has 0 aromatic carbocycles. The number of nitrogens with zero attached hydrogens (tertiary/aromatic N) is 2. The Morgan fingerprint density at radius 2 is 2.50 bits per heavy atom. The first-order valence-electron chi connectivity index (χ1n) is 4.35. The highest BCUT2D eigenvalue weighted by Gasteiger charge is 2.02. The van der Waals surface area contributed by atoms with Gasteiger partial charge in [-0.05, 0) is 25.2 Å². The lowest BCUT2D eigenvalue weighted by atomic mass is 10.3. The Morgan fingerprint density at radius 3 is 3.21 bits per heavy atom. The molecule has 14 heavy (non-hydrogen) atoms. The third kappa shape index (κ3) is 1.48. The van der Waals surface area contributed by atoms with Crippen molar-refractivity contribution in [2.45, 2.75) is 13.5 Å². The molecule has 4 heteroatoms. The van der Waals surface area contributed by atoms with Crippen LogP contribution in [0.4, 0.5) is 0 Å². The van der Waals surface area contributed by atoms with Crippen LogP contribution in [0.1, 0.15) is 6.92 Å². The number of hydrogen-bond acceptors (Lipinski definition) is 2. The monoisotopic (exact) mass is 205 g/mol. The Morgan fingerprint density at radius 1 is 1.71 bits per heavy atom. The molecule has 2 heterocycles. The van der Waals surface area contributed by atoms with E-state index in [-0.39, 0.29) is 0 Å². The standard InChI is InChI=1S/C10H11N3S/c1-7(2)6-13-9-3-4-11-5-8(9)12-10(13)14/h3-5H,1,6H2,2H3,(H,12,14). The summed E-state index contributed by atoms with van der Waals surface area (Å²) in [6, 6.07) is 1.95. The molecular formula is C10H11N3S. The van der Waals surface area contributed by atoms with Gasteiger partial charge in [-0.25, -0.2) is 0 Å². The number of allylic oxidation sites excluding steroid dienone is 1. The number of aromatic amines is 1. The molecule has 2 aromatic rings. The van der Waals surface area contributed by atoms with Crippen LogP contribution in [0, 0.1) is 4.77 Å². The van der Waals surface area contributed by atoms with Crippen LogP contribution in [0.25, 0.3) is 11.0 Å². The molecule has 0 fully saturated rings. The highest BCUT2D eigenvalue weighted by atomic mass is 32.1. The first-order valence-corrected chi connectivity index (χ1v) is 4.76. The van der Waals surface area contributed by atoms with Gasteiger partial charge >= 0.3 is 0 Å². The fraction of sp³-hybridized carbons (Fsp3) is 0.200. The van der Waals surface area contributed by atoms with E-state index in [1.165, 1.54) is 0 Å². The highest BCUT2D eigenvalue weighted by molar-refractivity contribution is 7.71. The molecule has 0 unspecified atom stereocenters. The minimum Gasteiger partial charge on any atom is -0.329 e. The van der Waals surface area contributed by atoms with Gasteiger partial charge in [0.15, 0.2) is 4.77 Å². The molecule has 0 saturated heterocycles. The summed E-state index contributed by atoms with van der Waals surface area (Å²) in [4.78, 5) is 7.14. The molecule has 0 saturated carbocycles. The van der Waals surface area contributed by atoms with E-state index in [9.17, 15) is 0 Å². The summed E-state index contributed by atoms with van der Waals surface area (Å²) in [5.74, 6) is 0. The molecule has 0 radical (unpaired) electrons. The maximum Gasteiger partial charge on any atom is 0.178 e. The average molecular weight is 205 g/mol. The first kappa shape index (κ1) is 9.15. The molecule has 0 aliphatic heterocycles. The largest absolute Gasteiger partial charge is 0.329 e. The van der Waals surface area contributed by atoms with E-state index in [0.29, 0.717) is 0 Å². The third-order valence-electron chi connectivity index (χ3n) is 2.00. The molecule has 72 valence electrons. The lowest BCUT2D eigenvalue weighted by molar-refractivity contribution is 0.797. The van der Waals surface area contributed by atoms with Gasteiger partial charge in [-0.1, -0.05) is 12.2 Å². The summed E-state index contributed by atoms with van der Waals surface area (Å²) in [5, 5.41) is 0.